The van der Waals surface area contributed by atoms with E-state index in [9.17, 15) is 15.3 Å². The van der Waals surface area contributed by atoms with Crippen LogP contribution in [0.1, 0.15) is 13.2 Å². The molecule has 0 aliphatic carbocycles. The largest absolute Gasteiger partial charge is 0.423 e. The molecule has 5 N–H and O–H groups in total. The zero-order valence-corrected chi connectivity index (χ0v) is 13.1. The second-order valence-electron chi connectivity index (χ2n) is 6.03. The van der Waals surface area contributed by atoms with Crippen molar-refractivity contribution in [2.75, 3.05) is 12.3 Å². The van der Waals surface area contributed by atoms with Crippen molar-refractivity contribution >= 4 is 16.9 Å². The number of hydrogen-bond acceptors (Lipinski definition) is 10. The predicted octanol–water partition coefficient (Wildman–Crippen LogP) is -0.935. The lowest BCUT2D eigenvalue weighted by Crippen LogP contribution is -2.44. The third-order valence-electron chi connectivity index (χ3n) is 4.42. The van der Waals surface area contributed by atoms with Gasteiger partial charge in [0.2, 0.25) is 12.3 Å². The average molecular weight is 348 g/mol. The van der Waals surface area contributed by atoms with E-state index < -0.39 is 30.6 Å². The number of fused-ring (bicyclic) bond motifs is 1. The minimum Gasteiger partial charge on any atom is -0.423 e. The minimum absolute atomic E-state index is 0.189. The van der Waals surface area contributed by atoms with Gasteiger partial charge in [-0.05, 0) is 6.92 Å². The van der Waals surface area contributed by atoms with Gasteiger partial charge in [-0.15, -0.1) is 10.2 Å². The summed E-state index contributed by atoms with van der Waals surface area (Å²) < 4.78 is 12.4. The van der Waals surface area contributed by atoms with Gasteiger partial charge >= 0.3 is 0 Å². The molecular formula is C14H16N6O5. The van der Waals surface area contributed by atoms with Gasteiger partial charge in [-0.25, -0.2) is 9.97 Å². The number of nitrogens with zero attached hydrogens (tertiary/aromatic N) is 5. The van der Waals surface area contributed by atoms with Crippen LogP contribution in [0.3, 0.4) is 0 Å². The van der Waals surface area contributed by atoms with Crippen LogP contribution in [-0.4, -0.2) is 64.5 Å². The summed E-state index contributed by atoms with van der Waals surface area (Å²) in [6, 6.07) is 0. The van der Waals surface area contributed by atoms with Gasteiger partial charge in [-0.2, -0.15) is 0 Å². The Balaban J connectivity index is 1.93. The SMILES string of the molecule is C[C@]1(O)C(n2cc(-c3nnco3)c3c(N)ncnc32)OC(CO)[C@H]1O. The molecule has 4 atom stereocenters. The number of nitrogens with two attached hydrogens (primary N) is 1. The summed E-state index contributed by atoms with van der Waals surface area (Å²) in [5, 5.41) is 38.3. The summed E-state index contributed by atoms with van der Waals surface area (Å²) in [6.45, 7) is 0.974. The lowest BCUT2D eigenvalue weighted by Gasteiger charge is -2.27. The van der Waals surface area contributed by atoms with E-state index >= 15 is 0 Å². The summed E-state index contributed by atoms with van der Waals surface area (Å²) in [5.41, 5.74) is 5.12. The molecule has 132 valence electrons. The highest BCUT2D eigenvalue weighted by molar-refractivity contribution is 5.98. The molecule has 1 saturated heterocycles. The summed E-state index contributed by atoms with van der Waals surface area (Å²) in [6.07, 6.45) is 0.777. The van der Waals surface area contributed by atoms with Gasteiger partial charge in [0.1, 0.15) is 35.6 Å². The molecule has 11 nitrogen and oxygen atoms in total. The number of anilines is 1. The molecule has 1 aliphatic rings. The Labute approximate surface area is 140 Å². The maximum atomic E-state index is 10.7. The van der Waals surface area contributed by atoms with Gasteiger partial charge in [0, 0.05) is 6.20 Å². The first-order valence-electron chi connectivity index (χ1n) is 7.49. The fourth-order valence-corrected chi connectivity index (χ4v) is 3.13. The molecule has 0 radical (unpaired) electrons. The highest BCUT2D eigenvalue weighted by Gasteiger charge is 2.53. The maximum Gasteiger partial charge on any atom is 0.249 e. The Hall–Kier alpha value is -2.60. The van der Waals surface area contributed by atoms with Crippen LogP contribution in [0, 0.1) is 0 Å². The highest BCUT2D eigenvalue weighted by Crippen LogP contribution is 2.42. The lowest BCUT2D eigenvalue weighted by atomic mass is 9.96. The second kappa shape index (κ2) is 5.46. The zero-order valence-electron chi connectivity index (χ0n) is 13.1. The fraction of sp³-hybridized carbons (Fsp3) is 0.429. The topological polar surface area (TPSA) is 166 Å². The van der Waals surface area contributed by atoms with E-state index in [1.807, 2.05) is 0 Å². The predicted molar refractivity (Wildman–Crippen MR) is 82.9 cm³/mol. The summed E-state index contributed by atoms with van der Waals surface area (Å²) in [4.78, 5) is 8.18. The van der Waals surface area contributed by atoms with Gasteiger partial charge in [-0.3, -0.25) is 0 Å². The summed E-state index contributed by atoms with van der Waals surface area (Å²) >= 11 is 0. The molecule has 4 rings (SSSR count). The fourth-order valence-electron chi connectivity index (χ4n) is 3.13. The first kappa shape index (κ1) is 15.9. The van der Waals surface area contributed by atoms with Crippen LogP contribution in [0.25, 0.3) is 22.5 Å². The number of rotatable bonds is 3. The second-order valence-corrected chi connectivity index (χ2v) is 6.03. The number of nitrogen functional groups attached to an aromatic ring is 1. The van der Waals surface area contributed by atoms with E-state index in [-0.39, 0.29) is 11.7 Å². The van der Waals surface area contributed by atoms with Crippen LogP contribution in [0.2, 0.25) is 0 Å². The number of ether oxygens (including phenoxy) is 1. The van der Waals surface area contributed by atoms with Gasteiger partial charge in [0.05, 0.1) is 17.6 Å². The minimum atomic E-state index is -1.68. The van der Waals surface area contributed by atoms with E-state index in [0.717, 1.165) is 0 Å². The number of aliphatic hydroxyl groups is 3. The molecular weight excluding hydrogens is 332 g/mol. The number of aromatic nitrogens is 5. The molecule has 4 heterocycles. The first-order chi connectivity index (χ1) is 11.9. The van der Waals surface area contributed by atoms with Crippen LogP contribution in [0.15, 0.2) is 23.3 Å². The molecule has 3 aromatic rings. The van der Waals surface area contributed by atoms with Crippen molar-refractivity contribution in [1.82, 2.24) is 24.7 Å². The summed E-state index contributed by atoms with van der Waals surface area (Å²) in [7, 11) is 0. The molecule has 1 aliphatic heterocycles. The van der Waals surface area contributed by atoms with Crippen molar-refractivity contribution < 1.29 is 24.5 Å². The molecule has 0 amide bonds. The number of aliphatic hydroxyl groups excluding tert-OH is 2. The van der Waals surface area contributed by atoms with Crippen molar-refractivity contribution in [3.63, 3.8) is 0 Å². The van der Waals surface area contributed by atoms with Gasteiger partial charge in [0.25, 0.3) is 0 Å². The lowest BCUT2D eigenvalue weighted by molar-refractivity contribution is -0.0948. The van der Waals surface area contributed by atoms with Crippen molar-refractivity contribution in [3.8, 4) is 11.5 Å². The third-order valence-corrected chi connectivity index (χ3v) is 4.42. The van der Waals surface area contributed by atoms with Crippen LogP contribution in [-0.2, 0) is 4.74 Å². The Morgan fingerprint density at radius 2 is 2.20 bits per heavy atom. The van der Waals surface area contributed by atoms with Crippen molar-refractivity contribution in [3.05, 3.63) is 18.9 Å². The molecule has 0 saturated carbocycles. The average Bonchev–Trinajstić information content (AvgIpc) is 3.27. The van der Waals surface area contributed by atoms with E-state index in [1.54, 1.807) is 6.20 Å². The quantitative estimate of drug-likeness (QED) is 0.464. The maximum absolute atomic E-state index is 10.7. The first-order valence-corrected chi connectivity index (χ1v) is 7.49. The van der Waals surface area contributed by atoms with Gasteiger partial charge < -0.3 is 34.8 Å². The standard InChI is InChI=1S/C14H16N6O5/c1-14(23)9(22)7(3-21)25-13(14)20-2-6(12-19-18-5-24-12)8-10(15)16-4-17-11(8)20/h2,4-5,7,9,13,21-23H,3H2,1H3,(H2,15,16,17)/t7?,9-,13?,14-/m1/s1. The molecule has 0 spiro atoms. The molecule has 0 aromatic carbocycles. The van der Waals surface area contributed by atoms with Crippen LogP contribution < -0.4 is 5.73 Å². The smallest absolute Gasteiger partial charge is 0.249 e. The Kier molecular flexibility index (Phi) is 3.47. The molecule has 2 unspecified atom stereocenters. The molecule has 25 heavy (non-hydrogen) atoms. The van der Waals surface area contributed by atoms with Crippen molar-refractivity contribution in [2.45, 2.75) is 31.0 Å². The monoisotopic (exact) mass is 348 g/mol. The van der Waals surface area contributed by atoms with Crippen LogP contribution in [0.4, 0.5) is 5.82 Å². The normalized spacial score (nSPS) is 29.5. The van der Waals surface area contributed by atoms with E-state index in [2.05, 4.69) is 20.2 Å². The molecule has 0 bridgehead atoms. The molecule has 1 fully saturated rings. The van der Waals surface area contributed by atoms with E-state index in [0.29, 0.717) is 16.6 Å². The molecule has 11 heteroatoms. The third kappa shape index (κ3) is 2.21. The summed E-state index contributed by atoms with van der Waals surface area (Å²) in [5.74, 6) is 0.385. The van der Waals surface area contributed by atoms with Crippen molar-refractivity contribution in [2.24, 2.45) is 0 Å². The number of hydrogen-bond donors (Lipinski definition) is 4. The van der Waals surface area contributed by atoms with Gasteiger partial charge in [0.15, 0.2) is 6.23 Å². The Morgan fingerprint density at radius 3 is 2.84 bits per heavy atom. The molecule has 3 aromatic heterocycles. The Morgan fingerprint density at radius 1 is 1.40 bits per heavy atom. The zero-order chi connectivity index (χ0) is 17.8. The van der Waals surface area contributed by atoms with Crippen LogP contribution in [0.5, 0.6) is 0 Å². The van der Waals surface area contributed by atoms with E-state index in [4.69, 9.17) is 14.9 Å². The van der Waals surface area contributed by atoms with E-state index in [1.165, 1.54) is 24.2 Å². The highest BCUT2D eigenvalue weighted by atomic mass is 16.6. The van der Waals surface area contributed by atoms with Crippen LogP contribution >= 0.6 is 0 Å². The van der Waals surface area contributed by atoms with Crippen molar-refractivity contribution in [1.29, 1.82) is 0 Å². The van der Waals surface area contributed by atoms with Gasteiger partial charge in [-0.1, -0.05) is 0 Å². The Bertz CT molecular complexity index is 908.